The molecule has 0 saturated carbocycles. The lowest BCUT2D eigenvalue weighted by Gasteiger charge is -2.08. The lowest BCUT2D eigenvalue weighted by atomic mass is 10.2. The van der Waals surface area contributed by atoms with Gasteiger partial charge in [-0.2, -0.15) is 0 Å². The van der Waals surface area contributed by atoms with Crippen molar-refractivity contribution in [2.24, 2.45) is 0 Å². The van der Waals surface area contributed by atoms with Crippen LogP contribution in [0.25, 0.3) is 0 Å². The fraction of sp³-hybridized carbons (Fsp3) is 0.0769. The Morgan fingerprint density at radius 1 is 0.857 bits per heavy atom. The minimum Gasteiger partial charge on any atom is -0.399 e. The van der Waals surface area contributed by atoms with Gasteiger partial charge in [0.1, 0.15) is 0 Å². The van der Waals surface area contributed by atoms with Crippen LogP contribution in [0.3, 0.4) is 0 Å². The summed E-state index contributed by atoms with van der Waals surface area (Å²) in [5.41, 5.74) is 6.35. The van der Waals surface area contributed by atoms with Crippen LogP contribution >= 0.6 is 0 Å². The van der Waals surface area contributed by atoms with Crippen molar-refractivity contribution in [2.45, 2.75) is 10.6 Å². The highest BCUT2D eigenvalue weighted by Crippen LogP contribution is 2.13. The van der Waals surface area contributed by atoms with Crippen LogP contribution in [0.15, 0.2) is 59.5 Å². The molecule has 0 radical (unpaired) electrons. The molecule has 0 unspecified atom stereocenters. The summed E-state index contributed by atoms with van der Waals surface area (Å²) in [5, 5.41) is 0. The molecule has 0 heterocycles. The van der Waals surface area contributed by atoms with Gasteiger partial charge in [0.05, 0.1) is 10.6 Å². The first kappa shape index (κ1) is 15.5. The highest BCUT2D eigenvalue weighted by Gasteiger charge is 2.22. The van der Waals surface area contributed by atoms with Gasteiger partial charge in [0, 0.05) is 5.69 Å². The van der Waals surface area contributed by atoms with E-state index < -0.39 is 25.8 Å². The number of nitrogens with two attached hydrogens (primary N) is 1. The molecule has 0 spiro atoms. The summed E-state index contributed by atoms with van der Waals surface area (Å²) < 4.78 is 49.6. The molecule has 8 heteroatoms. The molecule has 6 nitrogen and oxygen atoms in total. The molecule has 0 bridgehead atoms. The van der Waals surface area contributed by atoms with Gasteiger partial charge in [-0.25, -0.2) is 16.8 Å². The summed E-state index contributed by atoms with van der Waals surface area (Å²) in [6.07, 6.45) is 0. The standard InChI is InChI=1S/C13H14N2O4S2/c14-12-6-8-13(9-7-12)21(18,19)15-20(16,17)10-11-4-2-1-3-5-11/h1-9,15H,10,14H2. The number of benzene rings is 2. The van der Waals surface area contributed by atoms with Gasteiger partial charge in [-0.3, -0.25) is 0 Å². The third-order valence-electron chi connectivity index (χ3n) is 2.63. The number of rotatable bonds is 5. The second-order valence-electron chi connectivity index (χ2n) is 4.40. The first-order valence-corrected chi connectivity index (χ1v) is 9.08. The number of hydrogen-bond acceptors (Lipinski definition) is 5. The van der Waals surface area contributed by atoms with Gasteiger partial charge >= 0.3 is 0 Å². The number of nitrogens with one attached hydrogen (secondary N) is 1. The molecule has 21 heavy (non-hydrogen) atoms. The number of nitrogen functional groups attached to an aromatic ring is 1. The monoisotopic (exact) mass is 326 g/mol. The molecule has 0 aliphatic rings. The summed E-state index contributed by atoms with van der Waals surface area (Å²) in [4.78, 5) is -0.159. The van der Waals surface area contributed by atoms with Crippen LogP contribution in [-0.4, -0.2) is 16.8 Å². The lowest BCUT2D eigenvalue weighted by molar-refractivity contribution is 0.576. The van der Waals surface area contributed by atoms with E-state index in [1.165, 1.54) is 24.3 Å². The number of sulfonamides is 2. The second-order valence-corrected chi connectivity index (χ2v) is 8.06. The average molecular weight is 326 g/mol. The zero-order valence-corrected chi connectivity index (χ0v) is 12.6. The Morgan fingerprint density at radius 3 is 2.00 bits per heavy atom. The van der Waals surface area contributed by atoms with Crippen molar-refractivity contribution in [3.63, 3.8) is 0 Å². The Balaban J connectivity index is 2.21. The minimum absolute atomic E-state index is 0.159. The first-order chi connectivity index (χ1) is 9.78. The molecule has 0 aliphatic heterocycles. The molecule has 0 amide bonds. The van der Waals surface area contributed by atoms with Crippen LogP contribution in [0.2, 0.25) is 0 Å². The summed E-state index contributed by atoms with van der Waals surface area (Å²) in [5.74, 6) is -0.415. The zero-order valence-electron chi connectivity index (χ0n) is 10.9. The van der Waals surface area contributed by atoms with Gasteiger partial charge in [0.25, 0.3) is 10.0 Å². The summed E-state index contributed by atoms with van der Waals surface area (Å²) >= 11 is 0. The predicted octanol–water partition coefficient (Wildman–Crippen LogP) is 1.08. The van der Waals surface area contributed by atoms with Crippen LogP contribution < -0.4 is 9.86 Å². The van der Waals surface area contributed by atoms with E-state index in [0.29, 0.717) is 11.3 Å². The summed E-state index contributed by atoms with van der Waals surface area (Å²) in [6, 6.07) is 13.6. The van der Waals surface area contributed by atoms with Gasteiger partial charge in [0.2, 0.25) is 10.0 Å². The van der Waals surface area contributed by atoms with E-state index in [0.717, 1.165) is 0 Å². The van der Waals surface area contributed by atoms with Gasteiger partial charge in [-0.1, -0.05) is 30.3 Å². The van der Waals surface area contributed by atoms with Crippen LogP contribution in [0.5, 0.6) is 0 Å². The highest BCUT2D eigenvalue weighted by atomic mass is 32.3. The van der Waals surface area contributed by atoms with E-state index in [1.807, 2.05) is 0 Å². The first-order valence-electron chi connectivity index (χ1n) is 5.94. The Labute approximate surface area is 123 Å². The maximum absolute atomic E-state index is 12.0. The maximum Gasteiger partial charge on any atom is 0.253 e. The van der Waals surface area contributed by atoms with E-state index in [-0.39, 0.29) is 4.90 Å². The molecule has 0 fully saturated rings. The third-order valence-corrected chi connectivity index (χ3v) is 6.13. The molecule has 2 aromatic carbocycles. The Morgan fingerprint density at radius 2 is 1.43 bits per heavy atom. The molecular weight excluding hydrogens is 312 g/mol. The summed E-state index contributed by atoms with van der Waals surface area (Å²) in [6.45, 7) is 0. The summed E-state index contributed by atoms with van der Waals surface area (Å²) in [7, 11) is -8.17. The molecule has 0 saturated heterocycles. The fourth-order valence-corrected chi connectivity index (χ4v) is 4.77. The number of anilines is 1. The Hall–Kier alpha value is -1.90. The SMILES string of the molecule is Nc1ccc(S(=O)(=O)NS(=O)(=O)Cc2ccccc2)cc1. The second kappa shape index (κ2) is 5.84. The zero-order chi connectivity index (χ0) is 15.5. The van der Waals surface area contributed by atoms with E-state index >= 15 is 0 Å². The van der Waals surface area contributed by atoms with Crippen LogP contribution in [0.1, 0.15) is 5.56 Å². The lowest BCUT2D eigenvalue weighted by Crippen LogP contribution is -2.31. The molecule has 3 N–H and O–H groups in total. The van der Waals surface area contributed by atoms with Gasteiger partial charge < -0.3 is 5.73 Å². The van der Waals surface area contributed by atoms with Crippen molar-refractivity contribution in [2.75, 3.05) is 5.73 Å². The smallest absolute Gasteiger partial charge is 0.253 e. The predicted molar refractivity (Wildman–Crippen MR) is 80.2 cm³/mol. The normalized spacial score (nSPS) is 12.2. The van der Waals surface area contributed by atoms with E-state index in [4.69, 9.17) is 5.73 Å². The average Bonchev–Trinajstić information content (AvgIpc) is 2.38. The highest BCUT2D eigenvalue weighted by molar-refractivity contribution is 8.04. The molecule has 2 aromatic rings. The number of hydrogen-bond donors (Lipinski definition) is 2. The van der Waals surface area contributed by atoms with Crippen LogP contribution in [-0.2, 0) is 25.8 Å². The fourth-order valence-electron chi connectivity index (χ4n) is 1.69. The molecule has 0 atom stereocenters. The largest absolute Gasteiger partial charge is 0.399 e. The van der Waals surface area contributed by atoms with E-state index in [1.54, 1.807) is 34.5 Å². The topological polar surface area (TPSA) is 106 Å². The van der Waals surface area contributed by atoms with Crippen LogP contribution in [0, 0.1) is 0 Å². The molecule has 0 aliphatic carbocycles. The van der Waals surface area contributed by atoms with Gasteiger partial charge in [-0.05, 0) is 29.8 Å². The Bertz CT molecular complexity index is 814. The third kappa shape index (κ3) is 4.28. The van der Waals surface area contributed by atoms with Gasteiger partial charge in [0.15, 0.2) is 0 Å². The van der Waals surface area contributed by atoms with Crippen molar-refractivity contribution < 1.29 is 16.8 Å². The van der Waals surface area contributed by atoms with Crippen molar-refractivity contribution in [3.8, 4) is 0 Å². The molecule has 0 aromatic heterocycles. The Kier molecular flexibility index (Phi) is 4.31. The minimum atomic E-state index is -4.15. The molecular formula is C13H14N2O4S2. The molecule has 112 valence electrons. The van der Waals surface area contributed by atoms with Gasteiger partial charge in [-0.15, -0.1) is 4.13 Å². The maximum atomic E-state index is 12.0. The van der Waals surface area contributed by atoms with Crippen molar-refractivity contribution in [1.29, 1.82) is 0 Å². The van der Waals surface area contributed by atoms with Crippen LogP contribution in [0.4, 0.5) is 5.69 Å². The quantitative estimate of drug-likeness (QED) is 0.800. The van der Waals surface area contributed by atoms with E-state index in [2.05, 4.69) is 0 Å². The van der Waals surface area contributed by atoms with E-state index in [9.17, 15) is 16.8 Å². The van der Waals surface area contributed by atoms with Crippen molar-refractivity contribution in [1.82, 2.24) is 4.13 Å². The van der Waals surface area contributed by atoms with Crippen molar-refractivity contribution >= 4 is 25.7 Å². The molecule has 2 rings (SSSR count). The van der Waals surface area contributed by atoms with Crippen molar-refractivity contribution in [3.05, 3.63) is 60.2 Å².